The van der Waals surface area contributed by atoms with Gasteiger partial charge in [0, 0.05) is 18.9 Å². The van der Waals surface area contributed by atoms with Crippen LogP contribution in [-0.4, -0.2) is 26.5 Å². The molecule has 9 heteroatoms. The summed E-state index contributed by atoms with van der Waals surface area (Å²) in [5.41, 5.74) is 0.737. The molecule has 0 saturated carbocycles. The van der Waals surface area contributed by atoms with E-state index in [1.165, 1.54) is 13.2 Å². The Labute approximate surface area is 134 Å². The maximum atomic E-state index is 12.2. The number of carbonyl (C=O) groups excluding carboxylic acids is 1. The van der Waals surface area contributed by atoms with E-state index in [-0.39, 0.29) is 16.3 Å². The molecule has 0 amide bonds. The number of ether oxygens (including phenoxy) is 1. The van der Waals surface area contributed by atoms with Crippen molar-refractivity contribution in [1.82, 2.24) is 9.71 Å². The molecule has 112 valence electrons. The summed E-state index contributed by atoms with van der Waals surface area (Å²) in [5, 5.41) is 0. The molecule has 1 N–H and O–H groups in total. The third-order valence-electron chi connectivity index (χ3n) is 2.52. The highest BCUT2D eigenvalue weighted by atomic mass is 79.9. The lowest BCUT2D eigenvalue weighted by molar-refractivity contribution is 0.0606. The van der Waals surface area contributed by atoms with E-state index in [0.29, 0.717) is 3.79 Å². The molecule has 2 heterocycles. The fourth-order valence-electron chi connectivity index (χ4n) is 1.50. The lowest BCUT2D eigenvalue weighted by Gasteiger charge is -2.05. The van der Waals surface area contributed by atoms with Gasteiger partial charge in [0.15, 0.2) is 0 Å². The van der Waals surface area contributed by atoms with Gasteiger partial charge in [-0.15, -0.1) is 11.3 Å². The first-order valence-corrected chi connectivity index (χ1v) is 8.79. The summed E-state index contributed by atoms with van der Waals surface area (Å²) in [6.07, 6.45) is 3.18. The molecule has 0 spiro atoms. The SMILES string of the molecule is COC(=O)c1cc(S(=O)(=O)NCc2cccnc2)c(Br)s1. The molecule has 0 saturated heterocycles. The number of hydrogen-bond donors (Lipinski definition) is 1. The normalized spacial score (nSPS) is 11.3. The number of esters is 1. The minimum absolute atomic E-state index is 0.0109. The number of thiophene rings is 1. The number of sulfonamides is 1. The van der Waals surface area contributed by atoms with Gasteiger partial charge in [-0.2, -0.15) is 0 Å². The molecule has 0 unspecified atom stereocenters. The molecule has 0 radical (unpaired) electrons. The second kappa shape index (κ2) is 6.65. The number of nitrogens with one attached hydrogen (secondary N) is 1. The average molecular weight is 391 g/mol. The Morgan fingerprint density at radius 1 is 1.52 bits per heavy atom. The van der Waals surface area contributed by atoms with Crippen LogP contribution in [0.15, 0.2) is 39.3 Å². The first-order valence-electron chi connectivity index (χ1n) is 5.70. The predicted molar refractivity (Wildman–Crippen MR) is 81.6 cm³/mol. The minimum atomic E-state index is -3.73. The van der Waals surface area contributed by atoms with E-state index in [1.54, 1.807) is 24.5 Å². The molecule has 2 aromatic heterocycles. The Hall–Kier alpha value is -1.29. The van der Waals surface area contributed by atoms with Gasteiger partial charge in [-0.1, -0.05) is 6.07 Å². The molecule has 6 nitrogen and oxygen atoms in total. The molecule has 0 fully saturated rings. The number of carbonyl (C=O) groups is 1. The highest BCUT2D eigenvalue weighted by Crippen LogP contribution is 2.32. The quantitative estimate of drug-likeness (QED) is 0.790. The van der Waals surface area contributed by atoms with E-state index in [0.717, 1.165) is 16.9 Å². The van der Waals surface area contributed by atoms with E-state index < -0.39 is 16.0 Å². The van der Waals surface area contributed by atoms with Crippen LogP contribution in [0.2, 0.25) is 0 Å². The molecule has 0 atom stereocenters. The Morgan fingerprint density at radius 2 is 2.29 bits per heavy atom. The predicted octanol–water partition coefficient (Wildman–Crippen LogP) is 2.17. The van der Waals surface area contributed by atoms with E-state index in [4.69, 9.17) is 0 Å². The average Bonchev–Trinajstić information content (AvgIpc) is 2.88. The molecule has 0 aliphatic heterocycles. The maximum absolute atomic E-state index is 12.2. The van der Waals surface area contributed by atoms with Crippen LogP contribution in [0.5, 0.6) is 0 Å². The summed E-state index contributed by atoms with van der Waals surface area (Å²) < 4.78 is 31.9. The number of nitrogens with zero attached hydrogens (tertiary/aromatic N) is 1. The van der Waals surface area contributed by atoms with E-state index in [9.17, 15) is 13.2 Å². The summed E-state index contributed by atoms with van der Waals surface area (Å²) in [7, 11) is -2.49. The van der Waals surface area contributed by atoms with E-state index in [1.807, 2.05) is 0 Å². The Bertz CT molecular complexity index is 744. The zero-order valence-electron chi connectivity index (χ0n) is 10.9. The van der Waals surface area contributed by atoms with Crippen LogP contribution in [0.1, 0.15) is 15.2 Å². The van der Waals surface area contributed by atoms with Crippen molar-refractivity contribution in [2.75, 3.05) is 7.11 Å². The Kier molecular flexibility index (Phi) is 5.09. The van der Waals surface area contributed by atoms with Crippen molar-refractivity contribution in [3.8, 4) is 0 Å². The van der Waals surface area contributed by atoms with Crippen LogP contribution in [0.4, 0.5) is 0 Å². The van der Waals surface area contributed by atoms with Crippen LogP contribution in [-0.2, 0) is 21.3 Å². The van der Waals surface area contributed by atoms with Gasteiger partial charge in [0.05, 0.1) is 10.9 Å². The van der Waals surface area contributed by atoms with Crippen LogP contribution >= 0.6 is 27.3 Å². The molecule has 2 aromatic rings. The van der Waals surface area contributed by atoms with Gasteiger partial charge in [-0.3, -0.25) is 4.98 Å². The van der Waals surface area contributed by atoms with Crippen molar-refractivity contribution in [3.05, 3.63) is 44.8 Å². The standard InChI is InChI=1S/C12H11BrN2O4S2/c1-19-12(16)9-5-10(11(13)20-9)21(17,18)15-7-8-3-2-4-14-6-8/h2-6,15H,7H2,1H3. The molecule has 21 heavy (non-hydrogen) atoms. The fourth-order valence-corrected chi connectivity index (χ4v) is 4.99. The van der Waals surface area contributed by atoms with Crippen molar-refractivity contribution in [3.63, 3.8) is 0 Å². The number of rotatable bonds is 5. The summed E-state index contributed by atoms with van der Waals surface area (Å²) >= 11 is 4.16. The van der Waals surface area contributed by atoms with Crippen LogP contribution in [0.25, 0.3) is 0 Å². The lowest BCUT2D eigenvalue weighted by Crippen LogP contribution is -2.23. The van der Waals surface area contributed by atoms with Crippen molar-refractivity contribution in [2.24, 2.45) is 0 Å². The van der Waals surface area contributed by atoms with E-state index >= 15 is 0 Å². The van der Waals surface area contributed by atoms with Crippen molar-refractivity contribution in [2.45, 2.75) is 11.4 Å². The van der Waals surface area contributed by atoms with Crippen molar-refractivity contribution < 1.29 is 17.9 Å². The first-order chi connectivity index (χ1) is 9.94. The fraction of sp³-hybridized carbons (Fsp3) is 0.167. The molecular weight excluding hydrogens is 380 g/mol. The van der Waals surface area contributed by atoms with Gasteiger partial charge >= 0.3 is 5.97 Å². The topological polar surface area (TPSA) is 85.4 Å². The number of halogens is 1. The van der Waals surface area contributed by atoms with Crippen LogP contribution in [0.3, 0.4) is 0 Å². The number of hydrogen-bond acceptors (Lipinski definition) is 6. The first kappa shape index (κ1) is 16.1. The smallest absolute Gasteiger partial charge is 0.348 e. The molecule has 0 aromatic carbocycles. The summed E-state index contributed by atoms with van der Waals surface area (Å²) in [4.78, 5) is 15.6. The molecule has 2 rings (SSSR count). The number of methoxy groups -OCH3 is 1. The van der Waals surface area contributed by atoms with Crippen molar-refractivity contribution >= 4 is 43.3 Å². The zero-order chi connectivity index (χ0) is 15.5. The Balaban J connectivity index is 2.20. The third-order valence-corrected chi connectivity index (χ3v) is 6.15. The van der Waals surface area contributed by atoms with E-state index in [2.05, 4.69) is 30.4 Å². The molecule has 0 bridgehead atoms. The van der Waals surface area contributed by atoms with Gasteiger partial charge in [0.25, 0.3) is 0 Å². The van der Waals surface area contributed by atoms with Gasteiger partial charge in [-0.05, 0) is 33.6 Å². The monoisotopic (exact) mass is 390 g/mol. The second-order valence-electron chi connectivity index (χ2n) is 3.93. The maximum Gasteiger partial charge on any atom is 0.348 e. The zero-order valence-corrected chi connectivity index (χ0v) is 14.1. The van der Waals surface area contributed by atoms with Gasteiger partial charge in [-0.25, -0.2) is 17.9 Å². The van der Waals surface area contributed by atoms with Crippen LogP contribution < -0.4 is 4.72 Å². The van der Waals surface area contributed by atoms with Gasteiger partial charge < -0.3 is 4.74 Å². The molecule has 0 aliphatic rings. The summed E-state index contributed by atoms with van der Waals surface area (Å²) in [6.45, 7) is 0.117. The molecular formula is C12H11BrN2O4S2. The largest absolute Gasteiger partial charge is 0.465 e. The third kappa shape index (κ3) is 3.88. The van der Waals surface area contributed by atoms with Gasteiger partial charge in [0.2, 0.25) is 10.0 Å². The summed E-state index contributed by atoms with van der Waals surface area (Å²) in [6, 6.07) is 4.77. The molecule has 0 aliphatic carbocycles. The minimum Gasteiger partial charge on any atom is -0.465 e. The summed E-state index contributed by atoms with van der Waals surface area (Å²) in [5.74, 6) is -0.575. The van der Waals surface area contributed by atoms with Crippen molar-refractivity contribution in [1.29, 1.82) is 0 Å². The van der Waals surface area contributed by atoms with Gasteiger partial charge in [0.1, 0.15) is 9.77 Å². The Morgan fingerprint density at radius 3 is 2.90 bits per heavy atom. The lowest BCUT2D eigenvalue weighted by atomic mass is 10.3. The highest BCUT2D eigenvalue weighted by molar-refractivity contribution is 9.11. The highest BCUT2D eigenvalue weighted by Gasteiger charge is 2.23. The second-order valence-corrected chi connectivity index (χ2v) is 8.03. The van der Waals surface area contributed by atoms with Crippen LogP contribution in [0, 0.1) is 0 Å². The number of aromatic nitrogens is 1. The number of pyridine rings is 1.